The Morgan fingerprint density at radius 2 is 2.00 bits per heavy atom. The summed E-state index contributed by atoms with van der Waals surface area (Å²) in [5, 5.41) is 15.6. The zero-order valence-corrected chi connectivity index (χ0v) is 12.0. The van der Waals surface area contributed by atoms with Gasteiger partial charge >= 0.3 is 0 Å². The number of likely N-dealkylation sites (N-methyl/N-ethyl adjacent to an activating group) is 1. The fourth-order valence-corrected chi connectivity index (χ4v) is 1.60. The first-order valence-corrected chi connectivity index (χ1v) is 6.40. The van der Waals surface area contributed by atoms with Crippen LogP contribution in [-0.4, -0.2) is 51.8 Å². The number of hydrogen-bond acceptors (Lipinski definition) is 5. The molecular formula is C12H17ClN6. The van der Waals surface area contributed by atoms with Crippen LogP contribution in [0, 0.1) is 0 Å². The van der Waals surface area contributed by atoms with Gasteiger partial charge in [0.2, 0.25) is 5.95 Å². The lowest BCUT2D eigenvalue weighted by molar-refractivity contribution is 0.325. The van der Waals surface area contributed by atoms with Crippen LogP contribution < -0.4 is 5.32 Å². The van der Waals surface area contributed by atoms with E-state index in [4.69, 9.17) is 11.6 Å². The van der Waals surface area contributed by atoms with Crippen LogP contribution in [0.3, 0.4) is 0 Å². The number of halogens is 1. The van der Waals surface area contributed by atoms with E-state index in [1.165, 1.54) is 0 Å². The second kappa shape index (κ2) is 5.99. The van der Waals surface area contributed by atoms with Crippen molar-refractivity contribution in [2.24, 2.45) is 0 Å². The van der Waals surface area contributed by atoms with E-state index in [-0.39, 0.29) is 0 Å². The van der Waals surface area contributed by atoms with Gasteiger partial charge in [-0.15, -0.1) is 0 Å². The zero-order chi connectivity index (χ0) is 13.8. The maximum Gasteiger partial charge on any atom is 0.247 e. The van der Waals surface area contributed by atoms with E-state index in [1.807, 2.05) is 38.4 Å². The van der Waals surface area contributed by atoms with Crippen LogP contribution in [0.4, 0.5) is 5.95 Å². The molecule has 0 aliphatic heterocycles. The Morgan fingerprint density at radius 3 is 2.63 bits per heavy atom. The van der Waals surface area contributed by atoms with Crippen molar-refractivity contribution in [1.29, 1.82) is 0 Å². The van der Waals surface area contributed by atoms with E-state index in [0.29, 0.717) is 17.0 Å². The third-order valence-electron chi connectivity index (χ3n) is 2.98. The molecule has 102 valence electrons. The predicted molar refractivity (Wildman–Crippen MR) is 75.8 cm³/mol. The fraction of sp³-hybridized carbons (Fsp3) is 0.417. The summed E-state index contributed by atoms with van der Waals surface area (Å²) in [6.07, 6.45) is 0. The molecule has 1 N–H and O–H groups in total. The van der Waals surface area contributed by atoms with Crippen molar-refractivity contribution >= 4 is 17.5 Å². The summed E-state index contributed by atoms with van der Waals surface area (Å²) in [7, 11) is 4.07. The lowest BCUT2D eigenvalue weighted by Gasteiger charge is -2.20. The van der Waals surface area contributed by atoms with E-state index in [0.717, 1.165) is 12.2 Å². The van der Waals surface area contributed by atoms with Crippen LogP contribution in [0.25, 0.3) is 5.69 Å². The van der Waals surface area contributed by atoms with Crippen LogP contribution in [0.1, 0.15) is 6.92 Å². The lowest BCUT2D eigenvalue weighted by Crippen LogP contribution is -2.32. The SMILES string of the molecule is CC(CNc1nnnn1-c1ccc(Cl)cc1)N(C)C. The maximum absolute atomic E-state index is 5.87. The Labute approximate surface area is 117 Å². The van der Waals surface area contributed by atoms with Crippen LogP contribution in [0.5, 0.6) is 0 Å². The number of aromatic nitrogens is 4. The van der Waals surface area contributed by atoms with Gasteiger partial charge < -0.3 is 10.2 Å². The van der Waals surface area contributed by atoms with Crippen molar-refractivity contribution in [2.45, 2.75) is 13.0 Å². The molecule has 1 aromatic carbocycles. The predicted octanol–water partition coefficient (Wildman–Crippen LogP) is 1.68. The smallest absolute Gasteiger partial charge is 0.247 e. The van der Waals surface area contributed by atoms with Crippen molar-refractivity contribution in [3.05, 3.63) is 29.3 Å². The second-order valence-electron chi connectivity index (χ2n) is 4.58. The number of anilines is 1. The van der Waals surface area contributed by atoms with Gasteiger partial charge in [0, 0.05) is 17.6 Å². The lowest BCUT2D eigenvalue weighted by atomic mass is 10.3. The molecule has 0 saturated carbocycles. The van der Waals surface area contributed by atoms with Gasteiger partial charge in [0.25, 0.3) is 0 Å². The summed E-state index contributed by atoms with van der Waals surface area (Å²) in [6.45, 7) is 2.89. The Kier molecular flexibility index (Phi) is 4.34. The molecule has 2 aromatic rings. The molecule has 7 heteroatoms. The molecule has 19 heavy (non-hydrogen) atoms. The summed E-state index contributed by atoms with van der Waals surface area (Å²) < 4.78 is 1.65. The third-order valence-corrected chi connectivity index (χ3v) is 3.23. The van der Waals surface area contributed by atoms with E-state index in [2.05, 4.69) is 32.7 Å². The summed E-state index contributed by atoms with van der Waals surface area (Å²) in [5.41, 5.74) is 0.870. The fourth-order valence-electron chi connectivity index (χ4n) is 1.48. The Balaban J connectivity index is 2.11. The first kappa shape index (κ1) is 13.8. The Morgan fingerprint density at radius 1 is 1.32 bits per heavy atom. The molecule has 0 saturated heterocycles. The molecule has 1 atom stereocenters. The topological polar surface area (TPSA) is 58.9 Å². The summed E-state index contributed by atoms with van der Waals surface area (Å²) in [5.74, 6) is 0.621. The van der Waals surface area contributed by atoms with E-state index in [1.54, 1.807) is 4.68 Å². The second-order valence-corrected chi connectivity index (χ2v) is 5.02. The normalized spacial score (nSPS) is 12.7. The molecule has 0 spiro atoms. The van der Waals surface area contributed by atoms with Crippen molar-refractivity contribution in [1.82, 2.24) is 25.1 Å². The minimum atomic E-state index is 0.385. The van der Waals surface area contributed by atoms with Crippen molar-refractivity contribution < 1.29 is 0 Å². The molecule has 0 bridgehead atoms. The molecule has 1 heterocycles. The van der Waals surface area contributed by atoms with Gasteiger partial charge in [0.15, 0.2) is 0 Å². The van der Waals surface area contributed by atoms with Gasteiger partial charge in [-0.05, 0) is 55.7 Å². The van der Waals surface area contributed by atoms with Gasteiger partial charge in [0.1, 0.15) is 0 Å². The highest BCUT2D eigenvalue weighted by molar-refractivity contribution is 6.30. The Hall–Kier alpha value is -1.66. The molecule has 2 rings (SSSR count). The van der Waals surface area contributed by atoms with Gasteiger partial charge in [-0.2, -0.15) is 4.68 Å². The molecule has 0 aliphatic carbocycles. The van der Waals surface area contributed by atoms with E-state index >= 15 is 0 Å². The molecule has 6 nitrogen and oxygen atoms in total. The first-order valence-electron chi connectivity index (χ1n) is 6.02. The number of hydrogen-bond donors (Lipinski definition) is 1. The third kappa shape index (κ3) is 3.42. The number of nitrogens with one attached hydrogen (secondary N) is 1. The average Bonchev–Trinajstić information content (AvgIpc) is 2.85. The molecule has 0 radical (unpaired) electrons. The highest BCUT2D eigenvalue weighted by Crippen LogP contribution is 2.15. The molecule has 1 unspecified atom stereocenters. The van der Waals surface area contributed by atoms with E-state index in [9.17, 15) is 0 Å². The summed E-state index contributed by atoms with van der Waals surface area (Å²) >= 11 is 5.87. The molecular weight excluding hydrogens is 264 g/mol. The van der Waals surface area contributed by atoms with Crippen LogP contribution in [0.15, 0.2) is 24.3 Å². The van der Waals surface area contributed by atoms with Crippen molar-refractivity contribution in [3.8, 4) is 5.69 Å². The minimum Gasteiger partial charge on any atom is -0.351 e. The van der Waals surface area contributed by atoms with Crippen LogP contribution in [0.2, 0.25) is 5.02 Å². The summed E-state index contributed by atoms with van der Waals surface area (Å²) in [4.78, 5) is 2.13. The molecule has 1 aromatic heterocycles. The molecule has 0 aliphatic rings. The standard InChI is InChI=1S/C12H17ClN6/c1-9(18(2)3)8-14-12-15-16-17-19(12)11-6-4-10(13)5-7-11/h4-7,9H,8H2,1-3H3,(H,14,15,17). The van der Waals surface area contributed by atoms with Crippen LogP contribution in [-0.2, 0) is 0 Å². The minimum absolute atomic E-state index is 0.385. The highest BCUT2D eigenvalue weighted by Gasteiger charge is 2.10. The molecule has 0 amide bonds. The van der Waals surface area contributed by atoms with Gasteiger partial charge in [-0.25, -0.2) is 0 Å². The number of tetrazole rings is 1. The largest absolute Gasteiger partial charge is 0.351 e. The van der Waals surface area contributed by atoms with Crippen molar-refractivity contribution in [3.63, 3.8) is 0 Å². The average molecular weight is 281 g/mol. The van der Waals surface area contributed by atoms with E-state index < -0.39 is 0 Å². The van der Waals surface area contributed by atoms with Gasteiger partial charge in [0.05, 0.1) is 5.69 Å². The van der Waals surface area contributed by atoms with Crippen molar-refractivity contribution in [2.75, 3.05) is 26.0 Å². The number of benzene rings is 1. The number of nitrogens with zero attached hydrogens (tertiary/aromatic N) is 5. The highest BCUT2D eigenvalue weighted by atomic mass is 35.5. The Bertz CT molecular complexity index is 521. The summed E-state index contributed by atoms with van der Waals surface area (Å²) in [6, 6.07) is 7.75. The maximum atomic E-state index is 5.87. The van der Waals surface area contributed by atoms with Gasteiger partial charge in [-0.3, -0.25) is 0 Å². The molecule has 0 fully saturated rings. The van der Waals surface area contributed by atoms with Gasteiger partial charge in [-0.1, -0.05) is 16.7 Å². The number of rotatable bonds is 5. The zero-order valence-electron chi connectivity index (χ0n) is 11.2. The first-order chi connectivity index (χ1) is 9.08. The van der Waals surface area contributed by atoms with Crippen LogP contribution >= 0.6 is 11.6 Å². The quantitative estimate of drug-likeness (QED) is 0.903. The monoisotopic (exact) mass is 280 g/mol.